The van der Waals surface area contributed by atoms with E-state index in [2.05, 4.69) is 4.98 Å². The zero-order valence-corrected chi connectivity index (χ0v) is 8.89. The van der Waals surface area contributed by atoms with Crippen LogP contribution in [-0.4, -0.2) is 13.4 Å². The Morgan fingerprint density at radius 3 is 2.47 bits per heavy atom. The summed E-state index contributed by atoms with van der Waals surface area (Å²) in [7, 11) is 0.756. The summed E-state index contributed by atoms with van der Waals surface area (Å²) in [5.41, 5.74) is 4.50. The molecule has 8 heteroatoms. The van der Waals surface area contributed by atoms with Crippen molar-refractivity contribution in [1.29, 1.82) is 0 Å². The van der Waals surface area contributed by atoms with Gasteiger partial charge in [0.25, 0.3) is 15.5 Å². The minimum absolute atomic E-state index is 0.0532. The predicted octanol–water partition coefficient (Wildman–Crippen LogP) is 1.41. The minimum Gasteiger partial charge on any atom is -0.325 e. The number of halogens is 3. The van der Waals surface area contributed by atoms with Gasteiger partial charge < -0.3 is 5.73 Å². The molecule has 0 spiro atoms. The molecule has 0 bridgehead atoms. The van der Waals surface area contributed by atoms with E-state index in [4.69, 9.17) is 16.4 Å². The first-order valence-corrected chi connectivity index (χ1v) is 6.10. The fraction of sp³-hybridized carbons (Fsp3) is 0.286. The van der Waals surface area contributed by atoms with Crippen molar-refractivity contribution >= 4 is 19.7 Å². The average Bonchev–Trinajstić information content (AvgIpc) is 2.15. The lowest BCUT2D eigenvalue weighted by atomic mass is 10.3. The normalized spacial score (nSPS) is 12.1. The molecule has 2 N–H and O–H groups in total. The number of pyridine rings is 1. The van der Waals surface area contributed by atoms with Crippen molar-refractivity contribution in [1.82, 2.24) is 4.98 Å². The van der Waals surface area contributed by atoms with Gasteiger partial charge in [-0.2, -0.15) is 0 Å². The number of alkyl halides is 2. The maximum atomic E-state index is 12.4. The Balaban J connectivity index is 3.41. The lowest BCUT2D eigenvalue weighted by Crippen LogP contribution is -2.07. The third-order valence-electron chi connectivity index (χ3n) is 1.62. The summed E-state index contributed by atoms with van der Waals surface area (Å²) in [5.74, 6) is 0. The van der Waals surface area contributed by atoms with Gasteiger partial charge in [-0.05, 0) is 12.1 Å². The van der Waals surface area contributed by atoms with Crippen molar-refractivity contribution < 1.29 is 17.2 Å². The largest absolute Gasteiger partial charge is 0.325 e. The van der Waals surface area contributed by atoms with E-state index in [1.807, 2.05) is 0 Å². The van der Waals surface area contributed by atoms with Gasteiger partial charge >= 0.3 is 0 Å². The Labute approximate surface area is 89.5 Å². The molecule has 0 atom stereocenters. The second kappa shape index (κ2) is 4.38. The molecule has 0 aliphatic heterocycles. The number of hydrogen-bond acceptors (Lipinski definition) is 4. The molecule has 0 amide bonds. The maximum absolute atomic E-state index is 12.4. The van der Waals surface area contributed by atoms with Crippen molar-refractivity contribution in [2.24, 2.45) is 5.73 Å². The highest BCUT2D eigenvalue weighted by atomic mass is 35.7. The van der Waals surface area contributed by atoms with Crippen LogP contribution in [0.1, 0.15) is 17.8 Å². The standard InChI is InChI=1S/C7H7ClF2N2O2S/c8-15(13,14)5-2-1-4(3-11)12-6(5)7(9)10/h1-2,7H,3,11H2. The molecule has 0 fully saturated rings. The first-order valence-electron chi connectivity index (χ1n) is 3.79. The molecule has 0 aliphatic rings. The Bertz CT molecular complexity index is 464. The molecule has 0 radical (unpaired) electrons. The predicted molar refractivity (Wildman–Crippen MR) is 50.1 cm³/mol. The molecule has 1 heterocycles. The van der Waals surface area contributed by atoms with Gasteiger partial charge in [0.1, 0.15) is 10.6 Å². The van der Waals surface area contributed by atoms with Crippen LogP contribution in [0.4, 0.5) is 8.78 Å². The van der Waals surface area contributed by atoms with Gasteiger partial charge in [-0.15, -0.1) is 0 Å². The van der Waals surface area contributed by atoms with E-state index in [-0.39, 0.29) is 12.2 Å². The topological polar surface area (TPSA) is 73.1 Å². The summed E-state index contributed by atoms with van der Waals surface area (Å²) >= 11 is 0. The fourth-order valence-electron chi connectivity index (χ4n) is 0.981. The van der Waals surface area contributed by atoms with Crippen molar-refractivity contribution in [3.05, 3.63) is 23.5 Å². The third kappa shape index (κ3) is 2.83. The van der Waals surface area contributed by atoms with Crippen molar-refractivity contribution in [2.75, 3.05) is 0 Å². The van der Waals surface area contributed by atoms with Gasteiger partial charge in [0.2, 0.25) is 0 Å². The van der Waals surface area contributed by atoms with E-state index in [0.29, 0.717) is 0 Å². The summed E-state index contributed by atoms with van der Waals surface area (Å²) in [4.78, 5) is 2.73. The van der Waals surface area contributed by atoms with E-state index in [1.54, 1.807) is 0 Å². The summed E-state index contributed by atoms with van der Waals surface area (Å²) in [6.45, 7) is -0.0532. The van der Waals surface area contributed by atoms with Gasteiger partial charge in [0, 0.05) is 17.2 Å². The van der Waals surface area contributed by atoms with Crippen molar-refractivity contribution in [2.45, 2.75) is 17.9 Å². The molecular formula is C7H7ClF2N2O2S. The molecule has 0 aliphatic carbocycles. The maximum Gasteiger partial charge on any atom is 0.281 e. The van der Waals surface area contributed by atoms with Gasteiger partial charge in [-0.25, -0.2) is 22.2 Å². The van der Waals surface area contributed by atoms with E-state index >= 15 is 0 Å². The highest BCUT2D eigenvalue weighted by molar-refractivity contribution is 8.13. The second-order valence-corrected chi connectivity index (χ2v) is 5.16. The molecule has 0 aromatic carbocycles. The number of aromatic nitrogens is 1. The molecule has 0 saturated heterocycles. The Morgan fingerprint density at radius 2 is 2.07 bits per heavy atom. The summed E-state index contributed by atoms with van der Waals surface area (Å²) in [6, 6.07) is 2.21. The minimum atomic E-state index is -4.21. The first-order chi connectivity index (χ1) is 6.86. The molecule has 84 valence electrons. The van der Waals surface area contributed by atoms with Crippen LogP contribution in [0.15, 0.2) is 17.0 Å². The van der Waals surface area contributed by atoms with Crippen LogP contribution in [-0.2, 0) is 15.6 Å². The lowest BCUT2D eigenvalue weighted by molar-refractivity contribution is 0.142. The fourth-order valence-corrected chi connectivity index (χ4v) is 1.99. The Morgan fingerprint density at radius 1 is 1.47 bits per heavy atom. The number of rotatable bonds is 3. The average molecular weight is 257 g/mol. The van der Waals surface area contributed by atoms with E-state index in [9.17, 15) is 17.2 Å². The molecule has 4 nitrogen and oxygen atoms in total. The van der Waals surface area contributed by atoms with E-state index < -0.39 is 26.1 Å². The number of nitrogens with zero attached hydrogens (tertiary/aromatic N) is 1. The third-order valence-corrected chi connectivity index (χ3v) is 2.99. The van der Waals surface area contributed by atoms with Crippen LogP contribution in [0, 0.1) is 0 Å². The van der Waals surface area contributed by atoms with Gasteiger partial charge in [-0.3, -0.25) is 0 Å². The highest BCUT2D eigenvalue weighted by Crippen LogP contribution is 2.27. The lowest BCUT2D eigenvalue weighted by Gasteiger charge is -2.06. The van der Waals surface area contributed by atoms with E-state index in [0.717, 1.165) is 6.07 Å². The molecule has 15 heavy (non-hydrogen) atoms. The summed E-state index contributed by atoms with van der Waals surface area (Å²) in [5, 5.41) is 0. The zero-order valence-electron chi connectivity index (χ0n) is 7.32. The number of hydrogen-bond donors (Lipinski definition) is 1. The van der Waals surface area contributed by atoms with E-state index in [1.165, 1.54) is 6.07 Å². The van der Waals surface area contributed by atoms with Crippen LogP contribution >= 0.6 is 10.7 Å². The smallest absolute Gasteiger partial charge is 0.281 e. The van der Waals surface area contributed by atoms with Crippen LogP contribution in [0.3, 0.4) is 0 Å². The molecule has 1 rings (SSSR count). The van der Waals surface area contributed by atoms with Gasteiger partial charge in [-0.1, -0.05) is 0 Å². The molecule has 0 saturated carbocycles. The van der Waals surface area contributed by atoms with Gasteiger partial charge in [0.15, 0.2) is 0 Å². The van der Waals surface area contributed by atoms with Crippen LogP contribution in [0.5, 0.6) is 0 Å². The SMILES string of the molecule is NCc1ccc(S(=O)(=O)Cl)c(C(F)F)n1. The van der Waals surface area contributed by atoms with Crippen molar-refractivity contribution in [3.8, 4) is 0 Å². The van der Waals surface area contributed by atoms with Crippen LogP contribution in [0.25, 0.3) is 0 Å². The first kappa shape index (κ1) is 12.3. The zero-order chi connectivity index (χ0) is 11.6. The van der Waals surface area contributed by atoms with Crippen molar-refractivity contribution in [3.63, 3.8) is 0 Å². The molecular weight excluding hydrogens is 250 g/mol. The summed E-state index contributed by atoms with van der Waals surface area (Å²) in [6.07, 6.45) is -3.01. The van der Waals surface area contributed by atoms with Gasteiger partial charge in [0.05, 0.1) is 5.69 Å². The highest BCUT2D eigenvalue weighted by Gasteiger charge is 2.23. The Kier molecular flexibility index (Phi) is 3.58. The van der Waals surface area contributed by atoms with Crippen LogP contribution in [0.2, 0.25) is 0 Å². The summed E-state index contributed by atoms with van der Waals surface area (Å²) < 4.78 is 46.7. The number of nitrogens with two attached hydrogens (primary N) is 1. The monoisotopic (exact) mass is 256 g/mol. The van der Waals surface area contributed by atoms with Crippen LogP contribution < -0.4 is 5.73 Å². The quantitative estimate of drug-likeness (QED) is 0.830. The second-order valence-electron chi connectivity index (χ2n) is 2.63. The Hall–Kier alpha value is -0.790. The molecule has 1 aromatic rings. The molecule has 1 aromatic heterocycles. The molecule has 0 unspecified atom stereocenters.